The first kappa shape index (κ1) is 32.0. The maximum Gasteiger partial charge on any atom is 0.410 e. The second-order valence-corrected chi connectivity index (χ2v) is 10.7. The summed E-state index contributed by atoms with van der Waals surface area (Å²) in [6, 6.07) is 3.98. The van der Waals surface area contributed by atoms with Gasteiger partial charge in [-0.25, -0.2) is 18.6 Å². The molecule has 0 saturated carbocycles. The van der Waals surface area contributed by atoms with E-state index in [1.807, 2.05) is 13.8 Å². The van der Waals surface area contributed by atoms with Crippen LogP contribution in [0.3, 0.4) is 0 Å². The largest absolute Gasteiger partial charge is 0.436 e. The molecule has 0 bridgehead atoms. The highest BCUT2D eigenvalue weighted by atomic mass is 19.2. The van der Waals surface area contributed by atoms with Crippen molar-refractivity contribution in [3.63, 3.8) is 0 Å². The summed E-state index contributed by atoms with van der Waals surface area (Å²) in [7, 11) is 6.14. The van der Waals surface area contributed by atoms with Crippen LogP contribution in [0.5, 0.6) is 0 Å². The summed E-state index contributed by atoms with van der Waals surface area (Å²) in [6.07, 6.45) is 3.02. The quantitative estimate of drug-likeness (QED) is 0.330. The third-order valence-corrected chi connectivity index (χ3v) is 6.22. The van der Waals surface area contributed by atoms with Gasteiger partial charge in [-0.1, -0.05) is 19.9 Å². The molecular weight excluding hydrogens is 550 g/mol. The number of aromatic nitrogens is 3. The number of rotatable bonds is 11. The Balaban J connectivity index is 1.82. The highest BCUT2D eigenvalue weighted by Crippen LogP contribution is 2.25. The van der Waals surface area contributed by atoms with E-state index in [1.165, 1.54) is 46.8 Å². The maximum atomic E-state index is 14.5. The molecule has 42 heavy (non-hydrogen) atoms. The highest BCUT2D eigenvalue weighted by molar-refractivity contribution is 5.95. The Morgan fingerprint density at radius 2 is 1.88 bits per heavy atom. The van der Waals surface area contributed by atoms with Gasteiger partial charge in [-0.05, 0) is 43.4 Å². The molecule has 3 aromatic rings. The summed E-state index contributed by atoms with van der Waals surface area (Å²) in [5.41, 5.74) is 0.127. The Morgan fingerprint density at radius 3 is 2.52 bits per heavy atom. The monoisotopic (exact) mass is 586 g/mol. The second-order valence-electron chi connectivity index (χ2n) is 10.7. The van der Waals surface area contributed by atoms with Crippen molar-refractivity contribution < 1.29 is 27.9 Å². The highest BCUT2D eigenvalue weighted by Gasteiger charge is 2.25. The van der Waals surface area contributed by atoms with Gasteiger partial charge in [0, 0.05) is 46.0 Å². The first-order valence-corrected chi connectivity index (χ1v) is 13.4. The van der Waals surface area contributed by atoms with E-state index < -0.39 is 35.3 Å². The Hall–Kier alpha value is -4.55. The molecule has 0 aliphatic carbocycles. The van der Waals surface area contributed by atoms with Gasteiger partial charge in [0.1, 0.15) is 11.5 Å². The number of H-pyrrole nitrogens is 1. The first-order valence-electron chi connectivity index (χ1n) is 13.4. The van der Waals surface area contributed by atoms with Crippen molar-refractivity contribution >= 4 is 34.6 Å². The molecule has 1 aromatic carbocycles. The van der Waals surface area contributed by atoms with E-state index in [9.17, 15) is 28.0 Å². The Morgan fingerprint density at radius 1 is 1.17 bits per heavy atom. The molecule has 13 heteroatoms. The number of carbonyl (C=O) groups is 3. The molecule has 0 unspecified atom stereocenters. The van der Waals surface area contributed by atoms with Gasteiger partial charge in [-0.3, -0.25) is 14.4 Å². The SMILES string of the molecule is CC(C)Cc1c(F)c(F)cc2[nH]c(Cn3cccc(NC(=O)[C@H](CC/C=C/C(=O)N(C)C)OC(=O)N(C)C)c3=O)nc12. The third-order valence-electron chi connectivity index (χ3n) is 6.22. The number of ether oxygens (including phenoxy) is 1. The fourth-order valence-corrected chi connectivity index (χ4v) is 4.06. The molecule has 0 radical (unpaired) electrons. The van der Waals surface area contributed by atoms with E-state index in [0.29, 0.717) is 16.9 Å². The van der Waals surface area contributed by atoms with Crippen LogP contribution in [0.1, 0.15) is 38.1 Å². The van der Waals surface area contributed by atoms with E-state index in [4.69, 9.17) is 4.74 Å². The van der Waals surface area contributed by atoms with E-state index in [0.717, 1.165) is 6.07 Å². The van der Waals surface area contributed by atoms with Gasteiger partial charge in [0.25, 0.3) is 11.5 Å². The Bertz CT molecular complexity index is 1540. The average Bonchev–Trinajstić information content (AvgIpc) is 3.31. The van der Waals surface area contributed by atoms with Crippen LogP contribution in [0.4, 0.5) is 19.3 Å². The number of fused-ring (bicyclic) bond motifs is 1. The summed E-state index contributed by atoms with van der Waals surface area (Å²) in [6.45, 7) is 3.71. The number of hydrogen-bond donors (Lipinski definition) is 2. The number of allylic oxidation sites excluding steroid dienone is 1. The van der Waals surface area contributed by atoms with Crippen molar-refractivity contribution in [1.82, 2.24) is 24.3 Å². The smallest absolute Gasteiger partial charge is 0.410 e. The summed E-state index contributed by atoms with van der Waals surface area (Å²) in [5, 5.41) is 2.52. The number of imidazole rings is 1. The van der Waals surface area contributed by atoms with Crippen LogP contribution < -0.4 is 10.9 Å². The lowest BCUT2D eigenvalue weighted by Crippen LogP contribution is -2.37. The number of benzene rings is 1. The molecule has 0 aliphatic heterocycles. The molecule has 0 spiro atoms. The van der Waals surface area contributed by atoms with Crippen molar-refractivity contribution in [1.29, 1.82) is 0 Å². The summed E-state index contributed by atoms with van der Waals surface area (Å²) in [5.74, 6) is -2.53. The van der Waals surface area contributed by atoms with Gasteiger partial charge < -0.3 is 29.4 Å². The van der Waals surface area contributed by atoms with Crippen LogP contribution >= 0.6 is 0 Å². The van der Waals surface area contributed by atoms with Crippen molar-refractivity contribution in [3.05, 3.63) is 69.9 Å². The molecule has 3 rings (SSSR count). The number of likely N-dealkylation sites (N-methyl/N-ethyl adjacent to an activating group) is 1. The van der Waals surface area contributed by atoms with Crippen LogP contribution in [-0.4, -0.2) is 76.5 Å². The first-order chi connectivity index (χ1) is 19.8. The fourth-order valence-electron chi connectivity index (χ4n) is 4.06. The standard InChI is InChI=1S/C29H36F2N6O5/c1-17(2)14-18-25(31)19(30)15-21-26(18)34-23(32-21)16-37-13-9-10-20(28(37)40)33-27(39)22(42-29(41)36(5)6)11-7-8-12-24(38)35(3)4/h8-10,12-13,15,17,22H,7,11,14,16H2,1-6H3,(H,32,34)(H,33,39)/b12-8+/t22-/m0/s1. The van der Waals surface area contributed by atoms with Gasteiger partial charge in [0.05, 0.1) is 17.6 Å². The molecule has 2 aromatic heterocycles. The van der Waals surface area contributed by atoms with E-state index in [1.54, 1.807) is 26.2 Å². The lowest BCUT2D eigenvalue weighted by atomic mass is 10.0. The summed E-state index contributed by atoms with van der Waals surface area (Å²) < 4.78 is 35.4. The number of nitrogens with one attached hydrogen (secondary N) is 2. The molecule has 226 valence electrons. The zero-order chi connectivity index (χ0) is 31.1. The van der Waals surface area contributed by atoms with Crippen LogP contribution in [0, 0.1) is 17.6 Å². The zero-order valence-electron chi connectivity index (χ0n) is 24.5. The van der Waals surface area contributed by atoms with Crippen LogP contribution in [-0.2, 0) is 27.3 Å². The molecule has 11 nitrogen and oxygen atoms in total. The van der Waals surface area contributed by atoms with Gasteiger partial charge >= 0.3 is 6.09 Å². The molecule has 2 heterocycles. The predicted molar refractivity (Wildman–Crippen MR) is 154 cm³/mol. The number of aromatic amines is 1. The minimum absolute atomic E-state index is 0.0601. The van der Waals surface area contributed by atoms with Crippen LogP contribution in [0.15, 0.2) is 41.3 Å². The summed E-state index contributed by atoms with van der Waals surface area (Å²) >= 11 is 0. The number of halogens is 2. The van der Waals surface area contributed by atoms with Crippen LogP contribution in [0.25, 0.3) is 11.0 Å². The molecular formula is C29H36F2N6O5. The Kier molecular flexibility index (Phi) is 10.6. The van der Waals surface area contributed by atoms with E-state index in [2.05, 4.69) is 15.3 Å². The van der Waals surface area contributed by atoms with E-state index >= 15 is 0 Å². The minimum atomic E-state index is -1.24. The number of carbonyl (C=O) groups excluding carboxylic acids is 3. The lowest BCUT2D eigenvalue weighted by molar-refractivity contribution is -0.125. The third kappa shape index (κ3) is 8.02. The van der Waals surface area contributed by atoms with Crippen LogP contribution in [0.2, 0.25) is 0 Å². The van der Waals surface area contributed by atoms with E-state index in [-0.39, 0.29) is 48.9 Å². The molecule has 0 fully saturated rings. The molecule has 2 N–H and O–H groups in total. The van der Waals surface area contributed by atoms with Crippen molar-refractivity contribution in [2.45, 2.75) is 45.8 Å². The zero-order valence-corrected chi connectivity index (χ0v) is 24.5. The second kappa shape index (κ2) is 13.9. The normalized spacial score (nSPS) is 12.1. The molecule has 3 amide bonds. The van der Waals surface area contributed by atoms with Gasteiger partial charge in [-0.2, -0.15) is 0 Å². The fraction of sp³-hybridized carbons (Fsp3) is 0.414. The predicted octanol–water partition coefficient (Wildman–Crippen LogP) is 3.68. The molecule has 0 saturated heterocycles. The number of pyridine rings is 1. The molecule has 0 aliphatic rings. The number of hydrogen-bond acceptors (Lipinski definition) is 6. The number of amides is 3. The van der Waals surface area contributed by atoms with Crippen molar-refractivity contribution in [3.8, 4) is 0 Å². The minimum Gasteiger partial charge on any atom is -0.436 e. The van der Waals surface area contributed by atoms with Gasteiger partial charge in [0.15, 0.2) is 17.7 Å². The number of nitrogens with zero attached hydrogens (tertiary/aromatic N) is 4. The van der Waals surface area contributed by atoms with Gasteiger partial charge in [0.2, 0.25) is 5.91 Å². The molecule has 1 atom stereocenters. The van der Waals surface area contributed by atoms with Crippen molar-refractivity contribution in [2.75, 3.05) is 33.5 Å². The topological polar surface area (TPSA) is 130 Å². The van der Waals surface area contributed by atoms with Crippen molar-refractivity contribution in [2.24, 2.45) is 5.92 Å². The number of anilines is 1. The average molecular weight is 587 g/mol. The maximum absolute atomic E-state index is 14.5. The lowest BCUT2D eigenvalue weighted by Gasteiger charge is -2.19. The Labute approximate surface area is 242 Å². The summed E-state index contributed by atoms with van der Waals surface area (Å²) in [4.78, 5) is 60.2. The van der Waals surface area contributed by atoms with Gasteiger partial charge in [-0.15, -0.1) is 0 Å².